The molecular weight excluding hydrogens is 208 g/mol. The number of nitrogens with two attached hydrogens (primary N) is 2. The van der Waals surface area contributed by atoms with Crippen LogP contribution in [0.15, 0.2) is 10.2 Å². The molecule has 0 rings (SSSR count). The highest BCUT2D eigenvalue weighted by atomic mass is 32.1. The standard InChI is InChI=1S/C5H10N6S2/c1-3(9-11-5(7)13)2-8-10-4(6)12/h2H,1H3,(H3,6,10,12)(H3,7,11,13)/b8-2-,9-3-. The fourth-order valence-corrected chi connectivity index (χ4v) is 0.460. The van der Waals surface area contributed by atoms with Crippen LogP contribution in [-0.2, 0) is 0 Å². The van der Waals surface area contributed by atoms with Gasteiger partial charge in [0.1, 0.15) is 0 Å². The molecule has 0 amide bonds. The normalized spacial score (nSPS) is 11.3. The van der Waals surface area contributed by atoms with Crippen LogP contribution in [0.4, 0.5) is 0 Å². The van der Waals surface area contributed by atoms with Crippen LogP contribution >= 0.6 is 24.4 Å². The summed E-state index contributed by atoms with van der Waals surface area (Å²) < 4.78 is 0. The third-order valence-electron chi connectivity index (χ3n) is 0.769. The van der Waals surface area contributed by atoms with E-state index in [1.807, 2.05) is 0 Å². The Morgan fingerprint density at radius 1 is 1.23 bits per heavy atom. The zero-order chi connectivity index (χ0) is 10.3. The van der Waals surface area contributed by atoms with E-state index in [9.17, 15) is 0 Å². The van der Waals surface area contributed by atoms with Gasteiger partial charge in [0, 0.05) is 0 Å². The predicted octanol–water partition coefficient (Wildman–Crippen LogP) is -0.985. The fraction of sp³-hybridized carbons (Fsp3) is 0.200. The van der Waals surface area contributed by atoms with Gasteiger partial charge in [-0.25, -0.2) is 0 Å². The summed E-state index contributed by atoms with van der Waals surface area (Å²) >= 11 is 9.04. The summed E-state index contributed by atoms with van der Waals surface area (Å²) in [6.07, 6.45) is 1.42. The molecule has 6 nitrogen and oxygen atoms in total. The Hall–Kier alpha value is -1.28. The van der Waals surface area contributed by atoms with Crippen LogP contribution < -0.4 is 22.3 Å². The molecule has 0 aromatic heterocycles. The second-order valence-corrected chi connectivity index (χ2v) is 2.84. The molecule has 0 unspecified atom stereocenters. The Labute approximate surface area is 86.4 Å². The quantitative estimate of drug-likeness (QED) is 0.276. The molecule has 6 N–H and O–H groups in total. The second-order valence-electron chi connectivity index (χ2n) is 1.96. The summed E-state index contributed by atoms with van der Waals surface area (Å²) in [7, 11) is 0. The smallest absolute Gasteiger partial charge is 0.184 e. The average Bonchev–Trinajstić information content (AvgIpc) is 2.00. The molecule has 0 aliphatic carbocycles. The molecule has 72 valence electrons. The molecule has 0 aliphatic heterocycles. The minimum absolute atomic E-state index is 0.0892. The maximum Gasteiger partial charge on any atom is 0.184 e. The van der Waals surface area contributed by atoms with Gasteiger partial charge in [-0.05, 0) is 31.4 Å². The van der Waals surface area contributed by atoms with Crippen molar-refractivity contribution in [2.75, 3.05) is 0 Å². The lowest BCUT2D eigenvalue weighted by Gasteiger charge is -1.96. The number of hydrogen-bond acceptors (Lipinski definition) is 4. The number of hydrazone groups is 2. The monoisotopic (exact) mass is 218 g/mol. The molecule has 0 radical (unpaired) electrons. The third-order valence-corrected chi connectivity index (χ3v) is 0.951. The lowest BCUT2D eigenvalue weighted by atomic mass is 10.5. The van der Waals surface area contributed by atoms with E-state index >= 15 is 0 Å². The van der Waals surface area contributed by atoms with E-state index < -0.39 is 0 Å². The summed E-state index contributed by atoms with van der Waals surface area (Å²) in [6, 6.07) is 0. The minimum atomic E-state index is 0.0892. The Morgan fingerprint density at radius 2 is 1.77 bits per heavy atom. The van der Waals surface area contributed by atoms with Crippen molar-refractivity contribution in [2.45, 2.75) is 6.92 Å². The molecule has 0 atom stereocenters. The van der Waals surface area contributed by atoms with Crippen molar-refractivity contribution in [1.82, 2.24) is 10.9 Å². The van der Waals surface area contributed by atoms with E-state index in [0.29, 0.717) is 5.71 Å². The van der Waals surface area contributed by atoms with Gasteiger partial charge in [0.05, 0.1) is 11.9 Å². The molecule has 13 heavy (non-hydrogen) atoms. The first-order valence-electron chi connectivity index (χ1n) is 3.20. The number of hydrogen-bond donors (Lipinski definition) is 4. The van der Waals surface area contributed by atoms with Crippen LogP contribution in [0.1, 0.15) is 6.92 Å². The van der Waals surface area contributed by atoms with Crippen molar-refractivity contribution >= 4 is 46.6 Å². The zero-order valence-electron chi connectivity index (χ0n) is 6.94. The van der Waals surface area contributed by atoms with Crippen molar-refractivity contribution in [3.05, 3.63) is 0 Å². The van der Waals surface area contributed by atoms with Crippen LogP contribution in [0.5, 0.6) is 0 Å². The second kappa shape index (κ2) is 6.26. The van der Waals surface area contributed by atoms with E-state index in [-0.39, 0.29) is 10.2 Å². The summed E-state index contributed by atoms with van der Waals surface area (Å²) in [4.78, 5) is 0. The van der Waals surface area contributed by atoms with Crippen LogP contribution in [0.2, 0.25) is 0 Å². The van der Waals surface area contributed by atoms with E-state index in [0.717, 1.165) is 0 Å². The first kappa shape index (κ1) is 11.7. The number of rotatable bonds is 3. The van der Waals surface area contributed by atoms with Gasteiger partial charge in [0.2, 0.25) is 0 Å². The third kappa shape index (κ3) is 8.63. The van der Waals surface area contributed by atoms with E-state index in [4.69, 9.17) is 11.5 Å². The number of nitrogens with zero attached hydrogens (tertiary/aromatic N) is 2. The summed E-state index contributed by atoms with van der Waals surface area (Å²) in [6.45, 7) is 1.70. The first-order valence-corrected chi connectivity index (χ1v) is 4.02. The average molecular weight is 218 g/mol. The summed E-state index contributed by atoms with van der Waals surface area (Å²) in [5.41, 5.74) is 15.6. The molecule has 0 fully saturated rings. The van der Waals surface area contributed by atoms with Crippen molar-refractivity contribution in [2.24, 2.45) is 21.7 Å². The van der Waals surface area contributed by atoms with Crippen LogP contribution in [0.3, 0.4) is 0 Å². The van der Waals surface area contributed by atoms with E-state index in [1.165, 1.54) is 6.21 Å². The number of nitrogens with one attached hydrogen (secondary N) is 2. The molecule has 0 aromatic rings. The number of thiocarbonyl (C=S) groups is 2. The zero-order valence-corrected chi connectivity index (χ0v) is 8.58. The lowest BCUT2D eigenvalue weighted by molar-refractivity contribution is 1.02. The van der Waals surface area contributed by atoms with Gasteiger partial charge in [-0.2, -0.15) is 10.2 Å². The lowest BCUT2D eigenvalue weighted by Crippen LogP contribution is -2.26. The largest absolute Gasteiger partial charge is 0.375 e. The van der Waals surface area contributed by atoms with Gasteiger partial charge >= 0.3 is 0 Å². The Morgan fingerprint density at radius 3 is 2.23 bits per heavy atom. The van der Waals surface area contributed by atoms with Gasteiger partial charge in [-0.15, -0.1) is 0 Å². The Kier molecular flexibility index (Phi) is 5.64. The first-order chi connectivity index (χ1) is 6.02. The van der Waals surface area contributed by atoms with Gasteiger partial charge in [-0.3, -0.25) is 10.9 Å². The maximum atomic E-state index is 5.13. The summed E-state index contributed by atoms with van der Waals surface area (Å²) in [5.74, 6) is 0. The van der Waals surface area contributed by atoms with Crippen molar-refractivity contribution < 1.29 is 0 Å². The molecule has 0 bridgehead atoms. The van der Waals surface area contributed by atoms with Crippen LogP contribution in [-0.4, -0.2) is 22.2 Å². The van der Waals surface area contributed by atoms with Gasteiger partial charge in [0.15, 0.2) is 10.2 Å². The maximum absolute atomic E-state index is 5.13. The molecule has 8 heteroatoms. The van der Waals surface area contributed by atoms with Crippen LogP contribution in [0, 0.1) is 0 Å². The molecule has 0 aliphatic rings. The highest BCUT2D eigenvalue weighted by Crippen LogP contribution is 1.70. The fourth-order valence-electron chi connectivity index (χ4n) is 0.361. The molecule has 0 aromatic carbocycles. The molecule has 0 heterocycles. The van der Waals surface area contributed by atoms with Gasteiger partial charge in [-0.1, -0.05) is 0 Å². The summed E-state index contributed by atoms with van der Waals surface area (Å²) in [5, 5.41) is 7.58. The van der Waals surface area contributed by atoms with Gasteiger partial charge < -0.3 is 11.5 Å². The van der Waals surface area contributed by atoms with Gasteiger partial charge in [0.25, 0.3) is 0 Å². The highest BCUT2D eigenvalue weighted by molar-refractivity contribution is 7.80. The van der Waals surface area contributed by atoms with Crippen molar-refractivity contribution in [3.63, 3.8) is 0 Å². The molecular formula is C5H10N6S2. The van der Waals surface area contributed by atoms with Crippen LogP contribution in [0.25, 0.3) is 0 Å². The minimum Gasteiger partial charge on any atom is -0.375 e. The molecule has 0 spiro atoms. The Bertz CT molecular complexity index is 258. The highest BCUT2D eigenvalue weighted by Gasteiger charge is 1.85. The predicted molar refractivity (Wildman–Crippen MR) is 61.4 cm³/mol. The Balaban J connectivity index is 3.91. The van der Waals surface area contributed by atoms with E-state index in [1.54, 1.807) is 6.92 Å². The molecule has 0 saturated carbocycles. The van der Waals surface area contributed by atoms with Crippen molar-refractivity contribution in [3.8, 4) is 0 Å². The van der Waals surface area contributed by atoms with Crippen molar-refractivity contribution in [1.29, 1.82) is 0 Å². The SMILES string of the molecule is CC(/C=N\NC(N)=S)=N/NC(N)=S. The molecule has 0 saturated heterocycles. The topological polar surface area (TPSA) is 101 Å². The van der Waals surface area contributed by atoms with E-state index in [2.05, 4.69) is 45.5 Å².